The van der Waals surface area contributed by atoms with Gasteiger partial charge < -0.3 is 4.90 Å². The minimum atomic E-state index is -2.90. The number of nitrogens with zero attached hydrogens (tertiary/aromatic N) is 1. The number of hydrogen-bond acceptors (Lipinski definition) is 5. The molecule has 110 valence electrons. The molecule has 2 aliphatic heterocycles. The Labute approximate surface area is 122 Å². The fourth-order valence-corrected chi connectivity index (χ4v) is 5.50. The van der Waals surface area contributed by atoms with Crippen molar-refractivity contribution in [3.8, 4) is 0 Å². The van der Waals surface area contributed by atoms with Crippen molar-refractivity contribution in [3.63, 3.8) is 0 Å². The molecular formula is C13H18N2O3S2. The number of thiophene rings is 1. The molecule has 0 saturated carbocycles. The average Bonchev–Trinajstić information content (AvgIpc) is 3.06. The maximum Gasteiger partial charge on any atom is 0.241 e. The molecule has 20 heavy (non-hydrogen) atoms. The van der Waals surface area contributed by atoms with Crippen LogP contribution in [0.1, 0.15) is 25.1 Å². The van der Waals surface area contributed by atoms with Crippen LogP contribution in [0.3, 0.4) is 0 Å². The average molecular weight is 314 g/mol. The van der Waals surface area contributed by atoms with E-state index in [-0.39, 0.29) is 35.5 Å². The zero-order valence-corrected chi connectivity index (χ0v) is 12.9. The van der Waals surface area contributed by atoms with Gasteiger partial charge >= 0.3 is 0 Å². The second-order valence-corrected chi connectivity index (χ2v) is 8.62. The van der Waals surface area contributed by atoms with Crippen molar-refractivity contribution in [1.29, 1.82) is 0 Å². The third-order valence-corrected chi connectivity index (χ3v) is 6.55. The van der Waals surface area contributed by atoms with E-state index in [1.807, 2.05) is 23.8 Å². The van der Waals surface area contributed by atoms with Gasteiger partial charge in [-0.15, -0.1) is 0 Å². The van der Waals surface area contributed by atoms with Crippen LogP contribution in [-0.2, 0) is 14.6 Å². The van der Waals surface area contributed by atoms with E-state index in [2.05, 4.69) is 5.32 Å². The molecule has 3 unspecified atom stereocenters. The predicted octanol–water partition coefficient (Wildman–Crippen LogP) is 1.00. The van der Waals surface area contributed by atoms with Crippen LogP contribution in [0.4, 0.5) is 0 Å². The molecule has 2 aliphatic rings. The van der Waals surface area contributed by atoms with Crippen LogP contribution < -0.4 is 5.32 Å². The molecule has 3 rings (SSSR count). The minimum absolute atomic E-state index is 0.0606. The van der Waals surface area contributed by atoms with Crippen molar-refractivity contribution in [1.82, 2.24) is 10.2 Å². The Morgan fingerprint density at radius 1 is 1.50 bits per heavy atom. The van der Waals surface area contributed by atoms with Crippen LogP contribution in [0, 0.1) is 5.92 Å². The van der Waals surface area contributed by atoms with Crippen molar-refractivity contribution in [2.24, 2.45) is 5.92 Å². The molecule has 0 spiro atoms. The normalized spacial score (nSPS) is 33.0. The van der Waals surface area contributed by atoms with E-state index in [1.54, 1.807) is 16.2 Å². The Morgan fingerprint density at radius 2 is 2.30 bits per heavy atom. The quantitative estimate of drug-likeness (QED) is 0.904. The molecule has 3 heterocycles. The van der Waals surface area contributed by atoms with Crippen LogP contribution >= 0.6 is 11.3 Å². The van der Waals surface area contributed by atoms with Gasteiger partial charge in [-0.1, -0.05) is 0 Å². The van der Waals surface area contributed by atoms with Gasteiger partial charge in [0.25, 0.3) is 0 Å². The van der Waals surface area contributed by atoms with Crippen LogP contribution in [0.15, 0.2) is 16.8 Å². The largest absolute Gasteiger partial charge is 0.321 e. The number of rotatable bonds is 3. The minimum Gasteiger partial charge on any atom is -0.321 e. The summed E-state index contributed by atoms with van der Waals surface area (Å²) in [6.45, 7) is 2.38. The number of carbonyl (C=O) groups is 1. The van der Waals surface area contributed by atoms with Gasteiger partial charge in [0, 0.05) is 6.54 Å². The Morgan fingerprint density at radius 3 is 2.90 bits per heavy atom. The predicted molar refractivity (Wildman–Crippen MR) is 78.1 cm³/mol. The zero-order valence-electron chi connectivity index (χ0n) is 11.3. The van der Waals surface area contributed by atoms with Crippen molar-refractivity contribution >= 4 is 27.1 Å². The van der Waals surface area contributed by atoms with Gasteiger partial charge in [-0.2, -0.15) is 11.3 Å². The molecule has 1 aromatic rings. The summed E-state index contributed by atoms with van der Waals surface area (Å²) in [6.07, 6.45) is 0.545. The summed E-state index contributed by atoms with van der Waals surface area (Å²) >= 11 is 1.60. The van der Waals surface area contributed by atoms with Gasteiger partial charge in [0.2, 0.25) is 5.91 Å². The van der Waals surface area contributed by atoms with Crippen molar-refractivity contribution in [3.05, 3.63) is 22.4 Å². The Kier molecular flexibility index (Phi) is 3.60. The van der Waals surface area contributed by atoms with E-state index in [0.29, 0.717) is 13.0 Å². The first-order valence-corrected chi connectivity index (χ1v) is 9.52. The van der Waals surface area contributed by atoms with Gasteiger partial charge in [0.1, 0.15) is 6.17 Å². The smallest absolute Gasteiger partial charge is 0.241 e. The molecule has 0 aliphatic carbocycles. The van der Waals surface area contributed by atoms with Crippen molar-refractivity contribution in [2.75, 3.05) is 18.1 Å². The first-order valence-electron chi connectivity index (χ1n) is 6.75. The summed E-state index contributed by atoms with van der Waals surface area (Å²) in [5, 5.41) is 7.30. The second kappa shape index (κ2) is 5.13. The van der Waals surface area contributed by atoms with E-state index in [4.69, 9.17) is 0 Å². The fourth-order valence-electron chi connectivity index (χ4n) is 2.97. The van der Waals surface area contributed by atoms with Gasteiger partial charge in [0.15, 0.2) is 9.84 Å². The summed E-state index contributed by atoms with van der Waals surface area (Å²) in [5.74, 6) is 0.593. The van der Waals surface area contributed by atoms with E-state index >= 15 is 0 Å². The SMILES string of the molecule is CC1NC(c2ccsc2)N(CC2CCS(=O)(=O)C2)C1=O. The maximum atomic E-state index is 12.3. The molecule has 5 nitrogen and oxygen atoms in total. The van der Waals surface area contributed by atoms with E-state index < -0.39 is 9.84 Å². The first-order chi connectivity index (χ1) is 9.46. The Bertz CT molecular complexity index is 597. The van der Waals surface area contributed by atoms with E-state index in [0.717, 1.165) is 5.56 Å². The van der Waals surface area contributed by atoms with Crippen molar-refractivity contribution < 1.29 is 13.2 Å². The number of amides is 1. The lowest BCUT2D eigenvalue weighted by molar-refractivity contribution is -0.130. The molecule has 1 amide bonds. The monoisotopic (exact) mass is 314 g/mol. The maximum absolute atomic E-state index is 12.3. The Hall–Kier alpha value is -0.920. The van der Waals surface area contributed by atoms with Gasteiger partial charge in [-0.25, -0.2) is 8.42 Å². The molecule has 2 saturated heterocycles. The summed E-state index contributed by atoms with van der Waals surface area (Å²) in [7, 11) is -2.90. The molecular weight excluding hydrogens is 296 g/mol. The molecule has 3 atom stereocenters. The second-order valence-electron chi connectivity index (χ2n) is 5.61. The number of nitrogens with one attached hydrogen (secondary N) is 1. The lowest BCUT2D eigenvalue weighted by Crippen LogP contribution is -2.35. The first kappa shape index (κ1) is 14.0. The summed E-state index contributed by atoms with van der Waals surface area (Å²) < 4.78 is 23.1. The molecule has 1 aromatic heterocycles. The lowest BCUT2D eigenvalue weighted by Gasteiger charge is -2.26. The Balaban J connectivity index is 1.77. The van der Waals surface area contributed by atoms with E-state index in [9.17, 15) is 13.2 Å². The highest BCUT2D eigenvalue weighted by Crippen LogP contribution is 2.30. The number of carbonyl (C=O) groups excluding carboxylic acids is 1. The zero-order chi connectivity index (χ0) is 14.3. The van der Waals surface area contributed by atoms with Crippen LogP contribution in [0.2, 0.25) is 0 Å². The highest BCUT2D eigenvalue weighted by molar-refractivity contribution is 7.91. The van der Waals surface area contributed by atoms with Crippen LogP contribution in [0.25, 0.3) is 0 Å². The van der Waals surface area contributed by atoms with Gasteiger partial charge in [-0.05, 0) is 41.7 Å². The topological polar surface area (TPSA) is 66.5 Å². The molecule has 0 bridgehead atoms. The third-order valence-electron chi connectivity index (χ3n) is 4.01. The lowest BCUT2D eigenvalue weighted by atomic mass is 10.1. The molecule has 0 aromatic carbocycles. The number of sulfone groups is 1. The summed E-state index contributed by atoms with van der Waals surface area (Å²) in [5.41, 5.74) is 1.08. The van der Waals surface area contributed by atoms with Crippen LogP contribution in [-0.4, -0.2) is 43.3 Å². The summed E-state index contributed by atoms with van der Waals surface area (Å²) in [6, 6.07) is 1.80. The number of hydrogen-bond donors (Lipinski definition) is 1. The van der Waals surface area contributed by atoms with Crippen LogP contribution in [0.5, 0.6) is 0 Å². The highest BCUT2D eigenvalue weighted by Gasteiger charge is 2.40. The van der Waals surface area contributed by atoms with Gasteiger partial charge in [-0.3, -0.25) is 10.1 Å². The molecule has 1 N–H and O–H groups in total. The molecule has 2 fully saturated rings. The highest BCUT2D eigenvalue weighted by atomic mass is 32.2. The third kappa shape index (κ3) is 2.62. The fraction of sp³-hybridized carbons (Fsp3) is 0.615. The van der Waals surface area contributed by atoms with Crippen molar-refractivity contribution in [2.45, 2.75) is 25.6 Å². The summed E-state index contributed by atoms with van der Waals surface area (Å²) in [4.78, 5) is 14.1. The standard InChI is InChI=1S/C13H18N2O3S2/c1-9-13(16)15(6-10-3-5-20(17,18)8-10)12(14-9)11-2-4-19-7-11/h2,4,7,9-10,12,14H,3,5-6,8H2,1H3. The van der Waals surface area contributed by atoms with Gasteiger partial charge in [0.05, 0.1) is 17.5 Å². The molecule has 7 heteroatoms. The molecule has 0 radical (unpaired) electrons. The van der Waals surface area contributed by atoms with E-state index in [1.165, 1.54) is 0 Å².